The first kappa shape index (κ1) is 14.0. The van der Waals surface area contributed by atoms with Crippen molar-refractivity contribution in [3.05, 3.63) is 0 Å². The number of hydrogen-bond acceptors (Lipinski definition) is 3. The van der Waals surface area contributed by atoms with Gasteiger partial charge in [0.15, 0.2) is 0 Å². The lowest BCUT2D eigenvalue weighted by Gasteiger charge is -2.37. The van der Waals surface area contributed by atoms with Gasteiger partial charge in [-0.1, -0.05) is 18.8 Å². The Morgan fingerprint density at radius 3 is 2.82 bits per heavy atom. The third-order valence-electron chi connectivity index (χ3n) is 3.57. The molecule has 4 nitrogen and oxygen atoms in total. The van der Waals surface area contributed by atoms with Gasteiger partial charge in [-0.15, -0.1) is 6.42 Å². The second-order valence-corrected chi connectivity index (χ2v) is 4.68. The zero-order valence-corrected chi connectivity index (χ0v) is 10.6. The van der Waals surface area contributed by atoms with Crippen molar-refractivity contribution in [2.45, 2.75) is 50.8 Å². The Morgan fingerprint density at radius 1 is 1.59 bits per heavy atom. The summed E-state index contributed by atoms with van der Waals surface area (Å²) in [6.07, 6.45) is 8.74. The fourth-order valence-electron chi connectivity index (χ4n) is 2.32. The van der Waals surface area contributed by atoms with E-state index in [0.717, 1.165) is 25.7 Å². The number of hydrogen-bond donors (Lipinski definition) is 2. The lowest BCUT2D eigenvalue weighted by atomic mass is 9.91. The Labute approximate surface area is 103 Å². The maximum atomic E-state index is 11.8. The quantitative estimate of drug-likeness (QED) is 0.695. The number of carbonyl (C=O) groups excluding carboxylic acids is 1. The summed E-state index contributed by atoms with van der Waals surface area (Å²) in [5.41, 5.74) is 0. The van der Waals surface area contributed by atoms with Crippen LogP contribution in [0.3, 0.4) is 0 Å². The summed E-state index contributed by atoms with van der Waals surface area (Å²) in [5, 5.41) is 12.6. The van der Waals surface area contributed by atoms with E-state index in [1.54, 1.807) is 0 Å². The summed E-state index contributed by atoms with van der Waals surface area (Å²) >= 11 is 0. The van der Waals surface area contributed by atoms with Crippen LogP contribution in [0.25, 0.3) is 0 Å². The number of carbonyl (C=O) groups is 1. The first-order valence-corrected chi connectivity index (χ1v) is 6.19. The van der Waals surface area contributed by atoms with E-state index in [4.69, 9.17) is 6.42 Å². The Kier molecular flexibility index (Phi) is 5.46. The molecule has 0 bridgehead atoms. The zero-order valence-electron chi connectivity index (χ0n) is 10.6. The molecule has 0 saturated heterocycles. The number of amides is 1. The maximum Gasteiger partial charge on any atom is 0.237 e. The molecule has 96 valence electrons. The normalized spacial score (nSPS) is 26.3. The molecule has 4 heteroatoms. The topological polar surface area (TPSA) is 52.6 Å². The molecule has 1 amide bonds. The fourth-order valence-corrected chi connectivity index (χ4v) is 2.32. The van der Waals surface area contributed by atoms with Gasteiger partial charge in [-0.25, -0.2) is 0 Å². The van der Waals surface area contributed by atoms with Crippen LogP contribution in [0, 0.1) is 12.3 Å². The predicted octanol–water partition coefficient (Wildman–Crippen LogP) is 0.360. The highest BCUT2D eigenvalue weighted by Crippen LogP contribution is 2.23. The minimum absolute atomic E-state index is 0.0790. The van der Waals surface area contributed by atoms with Crippen molar-refractivity contribution >= 4 is 5.91 Å². The molecule has 17 heavy (non-hydrogen) atoms. The molecule has 0 aliphatic heterocycles. The second-order valence-electron chi connectivity index (χ2n) is 4.68. The zero-order chi connectivity index (χ0) is 12.8. The fraction of sp³-hybridized carbons (Fsp3) is 0.769. The van der Waals surface area contributed by atoms with E-state index in [2.05, 4.69) is 11.2 Å². The van der Waals surface area contributed by atoms with E-state index < -0.39 is 0 Å². The average Bonchev–Trinajstić information content (AvgIpc) is 2.34. The molecule has 3 atom stereocenters. The third-order valence-corrected chi connectivity index (χ3v) is 3.57. The molecule has 1 fully saturated rings. The van der Waals surface area contributed by atoms with Crippen LogP contribution in [-0.4, -0.2) is 47.7 Å². The monoisotopic (exact) mass is 238 g/mol. The van der Waals surface area contributed by atoms with Crippen LogP contribution < -0.4 is 5.32 Å². The van der Waals surface area contributed by atoms with Gasteiger partial charge in [0.25, 0.3) is 0 Å². The van der Waals surface area contributed by atoms with Crippen LogP contribution in [0.4, 0.5) is 0 Å². The Balaban J connectivity index is 2.52. The maximum absolute atomic E-state index is 11.8. The number of terminal acetylenes is 1. The number of aliphatic hydroxyl groups excluding tert-OH is 1. The van der Waals surface area contributed by atoms with Gasteiger partial charge in [-0.3, -0.25) is 9.69 Å². The lowest BCUT2D eigenvalue weighted by molar-refractivity contribution is -0.127. The standard InChI is InChI=1S/C13H22N2O2/c1-4-9-14-13(17)10(2)15(3)11-7-5-6-8-12(11)16/h1,10-12,16H,5-9H2,2-3H3,(H,14,17). The highest BCUT2D eigenvalue weighted by atomic mass is 16.3. The van der Waals surface area contributed by atoms with Crippen molar-refractivity contribution in [2.75, 3.05) is 13.6 Å². The van der Waals surface area contributed by atoms with Crippen LogP contribution in [0.5, 0.6) is 0 Å². The number of nitrogens with one attached hydrogen (secondary N) is 1. The Bertz CT molecular complexity index is 298. The van der Waals surface area contributed by atoms with E-state index in [-0.39, 0.29) is 30.6 Å². The molecule has 0 spiro atoms. The van der Waals surface area contributed by atoms with E-state index >= 15 is 0 Å². The van der Waals surface area contributed by atoms with Crippen molar-refractivity contribution in [3.8, 4) is 12.3 Å². The molecule has 1 rings (SSSR count). The summed E-state index contributed by atoms with van der Waals surface area (Å²) in [6.45, 7) is 2.09. The molecule has 0 aromatic carbocycles. The van der Waals surface area contributed by atoms with Crippen LogP contribution in [0.1, 0.15) is 32.6 Å². The van der Waals surface area contributed by atoms with Crippen LogP contribution >= 0.6 is 0 Å². The van der Waals surface area contributed by atoms with E-state index in [1.165, 1.54) is 0 Å². The van der Waals surface area contributed by atoms with Gasteiger partial charge in [0, 0.05) is 6.04 Å². The van der Waals surface area contributed by atoms with Gasteiger partial charge in [0.2, 0.25) is 5.91 Å². The lowest BCUT2D eigenvalue weighted by Crippen LogP contribution is -2.52. The molecule has 2 N–H and O–H groups in total. The van der Waals surface area contributed by atoms with Crippen molar-refractivity contribution in [3.63, 3.8) is 0 Å². The molecule has 0 heterocycles. The third kappa shape index (κ3) is 3.72. The molecule has 0 radical (unpaired) electrons. The highest BCUT2D eigenvalue weighted by Gasteiger charge is 2.31. The minimum atomic E-state index is -0.323. The molecule has 1 saturated carbocycles. The van der Waals surface area contributed by atoms with E-state index in [9.17, 15) is 9.90 Å². The number of rotatable bonds is 4. The Hall–Kier alpha value is -1.05. The van der Waals surface area contributed by atoms with Gasteiger partial charge in [0.05, 0.1) is 18.7 Å². The first-order valence-electron chi connectivity index (χ1n) is 6.19. The van der Waals surface area contributed by atoms with Gasteiger partial charge in [0.1, 0.15) is 0 Å². The summed E-state index contributed by atoms with van der Waals surface area (Å²) in [4.78, 5) is 13.7. The Morgan fingerprint density at radius 2 is 2.24 bits per heavy atom. The van der Waals surface area contributed by atoms with Crippen molar-refractivity contribution in [2.24, 2.45) is 0 Å². The van der Waals surface area contributed by atoms with Gasteiger partial charge in [-0.05, 0) is 26.8 Å². The minimum Gasteiger partial charge on any atom is -0.391 e. The van der Waals surface area contributed by atoms with Gasteiger partial charge < -0.3 is 10.4 Å². The molecular weight excluding hydrogens is 216 g/mol. The largest absolute Gasteiger partial charge is 0.391 e. The molecular formula is C13H22N2O2. The van der Waals surface area contributed by atoms with Crippen LogP contribution in [0.2, 0.25) is 0 Å². The van der Waals surface area contributed by atoms with Crippen molar-refractivity contribution in [1.29, 1.82) is 0 Å². The smallest absolute Gasteiger partial charge is 0.237 e. The molecule has 1 aliphatic rings. The molecule has 0 aromatic rings. The summed E-state index contributed by atoms with van der Waals surface area (Å²) in [5.74, 6) is 2.30. The van der Waals surface area contributed by atoms with E-state index in [0.29, 0.717) is 0 Å². The van der Waals surface area contributed by atoms with Gasteiger partial charge >= 0.3 is 0 Å². The van der Waals surface area contributed by atoms with Gasteiger partial charge in [-0.2, -0.15) is 0 Å². The highest BCUT2D eigenvalue weighted by molar-refractivity contribution is 5.81. The van der Waals surface area contributed by atoms with Crippen LogP contribution in [-0.2, 0) is 4.79 Å². The van der Waals surface area contributed by atoms with Crippen LogP contribution in [0.15, 0.2) is 0 Å². The number of nitrogens with zero attached hydrogens (tertiary/aromatic N) is 1. The van der Waals surface area contributed by atoms with E-state index in [1.807, 2.05) is 18.9 Å². The molecule has 3 unspecified atom stereocenters. The van der Waals surface area contributed by atoms with Crippen molar-refractivity contribution in [1.82, 2.24) is 10.2 Å². The second kappa shape index (κ2) is 6.63. The van der Waals surface area contributed by atoms with Crippen molar-refractivity contribution < 1.29 is 9.90 Å². The summed E-state index contributed by atoms with van der Waals surface area (Å²) in [6, 6.07) is -0.184. The number of aliphatic hydroxyl groups is 1. The predicted molar refractivity (Wildman–Crippen MR) is 67.3 cm³/mol. The number of likely N-dealkylation sites (N-methyl/N-ethyl adjacent to an activating group) is 1. The average molecular weight is 238 g/mol. The molecule has 0 aromatic heterocycles. The first-order chi connectivity index (χ1) is 8.07. The SMILES string of the molecule is C#CCNC(=O)C(C)N(C)C1CCCCC1O. The molecule has 1 aliphatic carbocycles. The summed E-state index contributed by atoms with van der Waals surface area (Å²) < 4.78 is 0. The summed E-state index contributed by atoms with van der Waals surface area (Å²) in [7, 11) is 1.89.